The lowest BCUT2D eigenvalue weighted by Gasteiger charge is -2.14. The molecule has 1 aromatic heterocycles. The van der Waals surface area contributed by atoms with Gasteiger partial charge in [0.2, 0.25) is 5.89 Å². The van der Waals surface area contributed by atoms with Gasteiger partial charge >= 0.3 is 0 Å². The van der Waals surface area contributed by atoms with Crippen LogP contribution in [0.1, 0.15) is 31.5 Å². The lowest BCUT2D eigenvalue weighted by Crippen LogP contribution is -2.27. The minimum absolute atomic E-state index is 0.253. The van der Waals surface area contributed by atoms with Crippen molar-refractivity contribution in [2.45, 2.75) is 31.6 Å². The normalized spacial score (nSPS) is 15.4. The Morgan fingerprint density at radius 3 is 2.79 bits per heavy atom. The maximum absolute atomic E-state index is 5.19. The van der Waals surface area contributed by atoms with E-state index >= 15 is 0 Å². The Hall–Kier alpha value is -0.550. The third-order valence-electron chi connectivity index (χ3n) is 2.35. The molecule has 4 nitrogen and oxygen atoms in total. The van der Waals surface area contributed by atoms with Crippen LogP contribution in [0.25, 0.3) is 0 Å². The average molecular weight is 215 g/mol. The van der Waals surface area contributed by atoms with Crippen LogP contribution in [0.4, 0.5) is 0 Å². The molecule has 2 atom stereocenters. The fraction of sp³-hybridized carbons (Fsp3) is 0.778. The monoisotopic (exact) mass is 215 g/mol. The van der Waals surface area contributed by atoms with Crippen molar-refractivity contribution in [3.05, 3.63) is 11.7 Å². The molecule has 0 saturated heterocycles. The van der Waals surface area contributed by atoms with E-state index in [1.165, 1.54) is 0 Å². The second kappa shape index (κ2) is 5.36. The van der Waals surface area contributed by atoms with Crippen molar-refractivity contribution < 1.29 is 4.52 Å². The highest BCUT2D eigenvalue weighted by molar-refractivity contribution is 7.97. The second-order valence-electron chi connectivity index (χ2n) is 3.35. The predicted molar refractivity (Wildman–Crippen MR) is 58.5 cm³/mol. The van der Waals surface area contributed by atoms with E-state index in [4.69, 9.17) is 4.52 Å². The van der Waals surface area contributed by atoms with Crippen LogP contribution in [0.2, 0.25) is 0 Å². The lowest BCUT2D eigenvalue weighted by molar-refractivity contribution is 0.334. The van der Waals surface area contributed by atoms with Gasteiger partial charge in [0.25, 0.3) is 0 Å². The quantitative estimate of drug-likeness (QED) is 0.809. The average Bonchev–Trinajstić information content (AvgIpc) is 2.64. The molecule has 0 aromatic carbocycles. The van der Waals surface area contributed by atoms with E-state index in [-0.39, 0.29) is 5.92 Å². The number of aromatic nitrogens is 2. The molecule has 0 aliphatic rings. The van der Waals surface area contributed by atoms with Crippen LogP contribution in [0.15, 0.2) is 4.52 Å². The van der Waals surface area contributed by atoms with Gasteiger partial charge in [0.05, 0.1) is 11.7 Å². The van der Waals surface area contributed by atoms with E-state index in [2.05, 4.69) is 29.3 Å². The zero-order valence-electron chi connectivity index (χ0n) is 9.07. The minimum atomic E-state index is 0.253. The molecule has 1 heterocycles. The molecule has 0 fully saturated rings. The van der Waals surface area contributed by atoms with Crippen molar-refractivity contribution in [2.24, 2.45) is 0 Å². The molecule has 1 aromatic rings. The van der Waals surface area contributed by atoms with Gasteiger partial charge in [-0.1, -0.05) is 12.1 Å². The minimum Gasteiger partial charge on any atom is -0.339 e. The van der Waals surface area contributed by atoms with Crippen molar-refractivity contribution in [3.8, 4) is 0 Å². The number of nitrogens with one attached hydrogen (secondary N) is 1. The largest absolute Gasteiger partial charge is 0.339 e. The third kappa shape index (κ3) is 2.72. The van der Waals surface area contributed by atoms with Gasteiger partial charge in [-0.15, -0.1) is 0 Å². The molecular weight excluding hydrogens is 198 g/mol. The zero-order valence-corrected chi connectivity index (χ0v) is 9.89. The van der Waals surface area contributed by atoms with Gasteiger partial charge in [0.1, 0.15) is 0 Å². The predicted octanol–water partition coefficient (Wildman–Crippen LogP) is 1.64. The molecule has 0 amide bonds. The summed E-state index contributed by atoms with van der Waals surface area (Å²) in [4.78, 5) is 4.33. The molecule has 0 saturated carbocycles. The highest BCUT2D eigenvalue weighted by Crippen LogP contribution is 2.17. The molecule has 1 N–H and O–H groups in total. The van der Waals surface area contributed by atoms with Crippen molar-refractivity contribution in [2.75, 3.05) is 13.3 Å². The molecule has 0 aliphatic heterocycles. The van der Waals surface area contributed by atoms with Crippen molar-refractivity contribution >= 4 is 11.8 Å². The first kappa shape index (κ1) is 11.5. The molecule has 0 bridgehead atoms. The van der Waals surface area contributed by atoms with Gasteiger partial charge in [-0.25, -0.2) is 0 Å². The first-order valence-electron chi connectivity index (χ1n) is 4.67. The third-order valence-corrected chi connectivity index (χ3v) is 2.90. The summed E-state index contributed by atoms with van der Waals surface area (Å²) in [5.41, 5.74) is 0. The Kier molecular flexibility index (Phi) is 4.41. The summed E-state index contributed by atoms with van der Waals surface area (Å²) in [6.07, 6.45) is 2.02. The second-order valence-corrected chi connectivity index (χ2v) is 4.21. The number of nitrogens with zero attached hydrogens (tertiary/aromatic N) is 2. The smallest absolute Gasteiger partial charge is 0.231 e. The molecule has 5 heteroatoms. The topological polar surface area (TPSA) is 51.0 Å². The Balaban J connectivity index is 2.65. The summed E-state index contributed by atoms with van der Waals surface area (Å²) in [5.74, 6) is 2.56. The van der Waals surface area contributed by atoms with Crippen LogP contribution < -0.4 is 5.32 Å². The summed E-state index contributed by atoms with van der Waals surface area (Å²) in [6.45, 7) is 4.18. The molecular formula is C9H17N3OS. The highest BCUT2D eigenvalue weighted by Gasteiger charge is 2.18. The molecule has 0 aliphatic carbocycles. The van der Waals surface area contributed by atoms with E-state index in [1.807, 2.05) is 13.3 Å². The molecule has 1 rings (SSSR count). The Bertz CT molecular complexity index is 277. The SMILES string of the molecule is CNC(C)C(C)c1nc(CSC)no1. The number of hydrogen-bond donors (Lipinski definition) is 1. The van der Waals surface area contributed by atoms with E-state index < -0.39 is 0 Å². The summed E-state index contributed by atoms with van der Waals surface area (Å²) < 4.78 is 5.19. The first-order chi connectivity index (χ1) is 6.69. The first-order valence-corrected chi connectivity index (χ1v) is 6.07. The molecule has 14 heavy (non-hydrogen) atoms. The van der Waals surface area contributed by atoms with Gasteiger partial charge in [0.15, 0.2) is 5.82 Å². The van der Waals surface area contributed by atoms with Gasteiger partial charge in [-0.05, 0) is 20.2 Å². The summed E-state index contributed by atoms with van der Waals surface area (Å²) >= 11 is 1.69. The standard InChI is InChI=1S/C9H17N3OS/c1-6(7(2)10-3)9-11-8(5-14-4)12-13-9/h6-7,10H,5H2,1-4H3. The van der Waals surface area contributed by atoms with Gasteiger partial charge in [0, 0.05) is 6.04 Å². The highest BCUT2D eigenvalue weighted by atomic mass is 32.2. The fourth-order valence-electron chi connectivity index (χ4n) is 1.10. The number of likely N-dealkylation sites (N-methyl/N-ethyl adjacent to an activating group) is 1. The van der Waals surface area contributed by atoms with Gasteiger partial charge in [-0.2, -0.15) is 16.7 Å². The number of hydrogen-bond acceptors (Lipinski definition) is 5. The maximum Gasteiger partial charge on any atom is 0.231 e. The Morgan fingerprint density at radius 2 is 2.21 bits per heavy atom. The van der Waals surface area contributed by atoms with Crippen LogP contribution in [-0.2, 0) is 5.75 Å². The molecule has 2 unspecified atom stereocenters. The van der Waals surface area contributed by atoms with Crippen molar-refractivity contribution in [1.29, 1.82) is 0 Å². The number of thioether (sulfide) groups is 1. The van der Waals surface area contributed by atoms with Crippen molar-refractivity contribution in [3.63, 3.8) is 0 Å². The van der Waals surface area contributed by atoms with E-state index in [0.717, 1.165) is 17.5 Å². The summed E-state index contributed by atoms with van der Waals surface area (Å²) in [5, 5.41) is 7.08. The lowest BCUT2D eigenvalue weighted by atomic mass is 10.0. The molecule has 0 radical (unpaired) electrons. The van der Waals surface area contributed by atoms with Crippen LogP contribution in [0.3, 0.4) is 0 Å². The summed E-state index contributed by atoms with van der Waals surface area (Å²) in [6, 6.07) is 0.345. The fourth-order valence-corrected chi connectivity index (χ4v) is 1.48. The van der Waals surface area contributed by atoms with Gasteiger partial charge in [-0.3, -0.25) is 0 Å². The van der Waals surface area contributed by atoms with Crippen LogP contribution >= 0.6 is 11.8 Å². The van der Waals surface area contributed by atoms with Gasteiger partial charge < -0.3 is 9.84 Å². The zero-order chi connectivity index (χ0) is 10.6. The Morgan fingerprint density at radius 1 is 1.50 bits per heavy atom. The molecule has 0 spiro atoms. The maximum atomic E-state index is 5.19. The van der Waals surface area contributed by atoms with E-state index in [1.54, 1.807) is 11.8 Å². The van der Waals surface area contributed by atoms with Crippen LogP contribution in [-0.4, -0.2) is 29.5 Å². The Labute approximate surface area is 88.8 Å². The van der Waals surface area contributed by atoms with E-state index in [0.29, 0.717) is 6.04 Å². The van der Waals surface area contributed by atoms with Crippen LogP contribution in [0, 0.1) is 0 Å². The van der Waals surface area contributed by atoms with Crippen molar-refractivity contribution in [1.82, 2.24) is 15.5 Å². The summed E-state index contributed by atoms with van der Waals surface area (Å²) in [7, 11) is 1.93. The van der Waals surface area contributed by atoms with E-state index in [9.17, 15) is 0 Å². The van der Waals surface area contributed by atoms with Crippen LogP contribution in [0.5, 0.6) is 0 Å². The molecule has 80 valence electrons. The number of rotatable bonds is 5.